The van der Waals surface area contributed by atoms with Crippen LogP contribution in [0.5, 0.6) is 17.2 Å². The number of benzene rings is 3. The van der Waals surface area contributed by atoms with Gasteiger partial charge < -0.3 is 14.6 Å². The van der Waals surface area contributed by atoms with Crippen LogP contribution in [-0.4, -0.2) is 11.9 Å². The zero-order valence-electron chi connectivity index (χ0n) is 11.9. The second-order valence-electron chi connectivity index (χ2n) is 5.26. The molecule has 3 aromatic carbocycles. The highest BCUT2D eigenvalue weighted by Crippen LogP contribution is 2.40. The van der Waals surface area contributed by atoms with Crippen molar-refractivity contribution in [1.29, 1.82) is 0 Å². The van der Waals surface area contributed by atoms with Gasteiger partial charge in [0.2, 0.25) is 6.79 Å². The topological polar surface area (TPSA) is 38.7 Å². The van der Waals surface area contributed by atoms with Crippen LogP contribution in [0.25, 0.3) is 16.3 Å². The summed E-state index contributed by atoms with van der Waals surface area (Å²) in [4.78, 5) is 0. The van der Waals surface area contributed by atoms with Crippen molar-refractivity contribution in [3.05, 3.63) is 72.3 Å². The van der Waals surface area contributed by atoms with Crippen LogP contribution >= 0.6 is 0 Å². The van der Waals surface area contributed by atoms with Gasteiger partial charge in [0.15, 0.2) is 11.5 Å². The Hall–Kier alpha value is -2.94. The van der Waals surface area contributed by atoms with Crippen LogP contribution in [0.1, 0.15) is 11.1 Å². The van der Waals surface area contributed by atoms with Crippen LogP contribution in [0.2, 0.25) is 0 Å². The molecular weight excluding hydrogens is 276 g/mol. The molecule has 0 amide bonds. The van der Waals surface area contributed by atoms with Crippen molar-refractivity contribution in [1.82, 2.24) is 0 Å². The van der Waals surface area contributed by atoms with Crippen molar-refractivity contribution in [2.45, 2.75) is 0 Å². The highest BCUT2D eigenvalue weighted by Gasteiger charge is 2.17. The number of rotatable bonds is 2. The zero-order valence-corrected chi connectivity index (χ0v) is 11.9. The number of phenolic OH excluding ortho intramolecular Hbond substituents is 1. The molecule has 4 rings (SSSR count). The maximum absolute atomic E-state index is 10.0. The summed E-state index contributed by atoms with van der Waals surface area (Å²) in [5, 5.41) is 11.9. The first kappa shape index (κ1) is 12.8. The van der Waals surface area contributed by atoms with E-state index in [1.807, 2.05) is 42.5 Å². The van der Waals surface area contributed by atoms with Crippen molar-refractivity contribution in [3.8, 4) is 17.2 Å². The van der Waals surface area contributed by atoms with E-state index in [4.69, 9.17) is 9.47 Å². The predicted molar refractivity (Wildman–Crippen MR) is 86.3 cm³/mol. The molecule has 22 heavy (non-hydrogen) atoms. The summed E-state index contributed by atoms with van der Waals surface area (Å²) in [5.74, 6) is 1.63. The number of ether oxygens (including phenoxy) is 2. The molecule has 3 nitrogen and oxygen atoms in total. The van der Waals surface area contributed by atoms with E-state index in [0.717, 1.165) is 33.2 Å². The maximum Gasteiger partial charge on any atom is 0.231 e. The van der Waals surface area contributed by atoms with E-state index >= 15 is 0 Å². The van der Waals surface area contributed by atoms with Crippen molar-refractivity contribution in [2.75, 3.05) is 6.79 Å². The van der Waals surface area contributed by atoms with Gasteiger partial charge in [-0.15, -0.1) is 0 Å². The minimum atomic E-state index is 0.207. The molecule has 0 radical (unpaired) electrons. The minimum absolute atomic E-state index is 0.207. The summed E-state index contributed by atoms with van der Waals surface area (Å²) in [6, 6.07) is 17.2. The molecule has 3 heteroatoms. The molecule has 0 aromatic heterocycles. The third-order valence-corrected chi connectivity index (χ3v) is 3.88. The zero-order chi connectivity index (χ0) is 15.1. The van der Waals surface area contributed by atoms with Gasteiger partial charge in [-0.25, -0.2) is 0 Å². The molecule has 0 unspecified atom stereocenters. The fourth-order valence-corrected chi connectivity index (χ4v) is 2.78. The van der Waals surface area contributed by atoms with Crippen LogP contribution in [-0.2, 0) is 0 Å². The molecule has 0 fully saturated rings. The third kappa shape index (κ3) is 1.99. The molecule has 1 N–H and O–H groups in total. The Morgan fingerprint density at radius 3 is 2.45 bits per heavy atom. The number of phenols is 1. The van der Waals surface area contributed by atoms with Gasteiger partial charge in [0.05, 0.1) is 0 Å². The van der Waals surface area contributed by atoms with E-state index in [-0.39, 0.29) is 12.5 Å². The molecule has 1 heterocycles. The third-order valence-electron chi connectivity index (χ3n) is 3.88. The lowest BCUT2D eigenvalue weighted by Gasteiger charge is -2.12. The fraction of sp³-hybridized carbons (Fsp3) is 0.0526. The van der Waals surface area contributed by atoms with E-state index in [2.05, 4.69) is 6.58 Å². The van der Waals surface area contributed by atoms with E-state index in [1.165, 1.54) is 0 Å². The first-order valence-corrected chi connectivity index (χ1v) is 7.03. The second kappa shape index (κ2) is 4.81. The van der Waals surface area contributed by atoms with Gasteiger partial charge in [-0.2, -0.15) is 0 Å². The standard InChI is InChI=1S/C19H14O3/c1-12(13-5-3-2-4-6-13)16-9-15(20)7-14-8-18-19(10-17(14)16)22-11-21-18/h2-10,20H,1,11H2. The molecule has 0 saturated heterocycles. The van der Waals surface area contributed by atoms with Crippen LogP contribution < -0.4 is 9.47 Å². The van der Waals surface area contributed by atoms with Crippen molar-refractivity contribution < 1.29 is 14.6 Å². The Morgan fingerprint density at radius 1 is 0.955 bits per heavy atom. The summed E-state index contributed by atoms with van der Waals surface area (Å²) in [7, 11) is 0. The summed E-state index contributed by atoms with van der Waals surface area (Å²) < 4.78 is 10.9. The molecular formula is C19H14O3. The predicted octanol–water partition coefficient (Wildman–Crippen LogP) is 4.34. The van der Waals surface area contributed by atoms with Crippen molar-refractivity contribution in [2.24, 2.45) is 0 Å². The van der Waals surface area contributed by atoms with Crippen molar-refractivity contribution in [3.63, 3.8) is 0 Å². The Balaban J connectivity index is 1.95. The molecule has 108 valence electrons. The van der Waals surface area contributed by atoms with E-state index in [9.17, 15) is 5.11 Å². The molecule has 1 aliphatic heterocycles. The van der Waals surface area contributed by atoms with E-state index in [0.29, 0.717) is 5.75 Å². The number of hydrogen-bond acceptors (Lipinski definition) is 3. The molecule has 0 bridgehead atoms. The highest BCUT2D eigenvalue weighted by molar-refractivity contribution is 5.99. The molecule has 0 atom stereocenters. The first-order valence-electron chi connectivity index (χ1n) is 7.03. The lowest BCUT2D eigenvalue weighted by molar-refractivity contribution is 0.174. The van der Waals surface area contributed by atoms with Gasteiger partial charge in [-0.3, -0.25) is 0 Å². The van der Waals surface area contributed by atoms with Gasteiger partial charge in [-0.1, -0.05) is 36.9 Å². The van der Waals surface area contributed by atoms with Crippen molar-refractivity contribution >= 4 is 16.3 Å². The summed E-state index contributed by atoms with van der Waals surface area (Å²) in [6.45, 7) is 4.43. The maximum atomic E-state index is 10.0. The largest absolute Gasteiger partial charge is 0.508 e. The molecule has 0 aliphatic carbocycles. The highest BCUT2D eigenvalue weighted by atomic mass is 16.7. The number of aromatic hydroxyl groups is 1. The second-order valence-corrected chi connectivity index (χ2v) is 5.26. The summed E-state index contributed by atoms with van der Waals surface area (Å²) in [5.41, 5.74) is 2.77. The lowest BCUT2D eigenvalue weighted by Crippen LogP contribution is -1.92. The van der Waals surface area contributed by atoms with E-state index in [1.54, 1.807) is 12.1 Å². The SMILES string of the molecule is C=C(c1ccccc1)c1cc(O)cc2cc3c(cc12)OCO3. The Bertz CT molecular complexity index is 882. The van der Waals surface area contributed by atoms with Gasteiger partial charge in [-0.05, 0) is 51.7 Å². The van der Waals surface area contributed by atoms with Gasteiger partial charge in [0.25, 0.3) is 0 Å². The van der Waals surface area contributed by atoms with Crippen LogP contribution in [0, 0.1) is 0 Å². The molecule has 0 spiro atoms. The van der Waals surface area contributed by atoms with Gasteiger partial charge >= 0.3 is 0 Å². The smallest absolute Gasteiger partial charge is 0.231 e. The molecule has 1 aliphatic rings. The number of fused-ring (bicyclic) bond motifs is 2. The van der Waals surface area contributed by atoms with Crippen LogP contribution in [0.15, 0.2) is 61.2 Å². The molecule has 3 aromatic rings. The Morgan fingerprint density at radius 2 is 1.68 bits per heavy atom. The number of hydrogen-bond donors (Lipinski definition) is 1. The monoisotopic (exact) mass is 290 g/mol. The van der Waals surface area contributed by atoms with Crippen LogP contribution in [0.4, 0.5) is 0 Å². The summed E-state index contributed by atoms with van der Waals surface area (Å²) in [6.07, 6.45) is 0. The minimum Gasteiger partial charge on any atom is -0.508 e. The average molecular weight is 290 g/mol. The Labute approximate surface area is 128 Å². The fourth-order valence-electron chi connectivity index (χ4n) is 2.78. The first-order chi connectivity index (χ1) is 10.7. The lowest BCUT2D eigenvalue weighted by atomic mass is 9.94. The quantitative estimate of drug-likeness (QED) is 0.763. The normalized spacial score (nSPS) is 12.5. The van der Waals surface area contributed by atoms with Gasteiger partial charge in [0, 0.05) is 0 Å². The average Bonchev–Trinajstić information content (AvgIpc) is 2.99. The molecule has 0 saturated carbocycles. The van der Waals surface area contributed by atoms with E-state index < -0.39 is 0 Å². The van der Waals surface area contributed by atoms with Crippen LogP contribution in [0.3, 0.4) is 0 Å². The summed E-state index contributed by atoms with van der Waals surface area (Å²) >= 11 is 0. The Kier molecular flexibility index (Phi) is 2.79. The van der Waals surface area contributed by atoms with Gasteiger partial charge in [0.1, 0.15) is 5.75 Å².